The molecule has 0 aliphatic heterocycles. The van der Waals surface area contributed by atoms with E-state index in [1.807, 2.05) is 13.0 Å². The number of nitrogens with zero attached hydrogens (tertiary/aromatic N) is 2. The molecule has 0 saturated heterocycles. The third-order valence-electron chi connectivity index (χ3n) is 4.20. The van der Waals surface area contributed by atoms with Gasteiger partial charge in [-0.25, -0.2) is 18.7 Å². The molecule has 1 aliphatic carbocycles. The minimum Gasteiger partial charge on any atom is -0.458 e. The highest BCUT2D eigenvalue weighted by Gasteiger charge is 2.35. The van der Waals surface area contributed by atoms with Crippen molar-refractivity contribution in [2.24, 2.45) is 0 Å². The zero-order chi connectivity index (χ0) is 17.3. The van der Waals surface area contributed by atoms with Gasteiger partial charge >= 0.3 is 0 Å². The van der Waals surface area contributed by atoms with Crippen molar-refractivity contribution < 1.29 is 18.3 Å². The molecule has 0 bridgehead atoms. The third kappa shape index (κ3) is 3.90. The highest BCUT2D eigenvalue weighted by atomic mass is 19.3. The van der Waals surface area contributed by atoms with Crippen molar-refractivity contribution in [1.82, 2.24) is 9.97 Å². The fraction of sp³-hybridized carbons (Fsp3) is 0.529. The largest absolute Gasteiger partial charge is 0.458 e. The topological polar surface area (TPSA) is 71.2 Å². The van der Waals surface area contributed by atoms with E-state index >= 15 is 0 Å². The molecule has 1 aliphatic rings. The smallest absolute Gasteiger partial charge is 0.248 e. The molecule has 2 N–H and O–H groups in total. The lowest BCUT2D eigenvalue weighted by Gasteiger charge is -2.29. The highest BCUT2D eigenvalue weighted by Crippen LogP contribution is 2.34. The van der Waals surface area contributed by atoms with E-state index in [1.165, 1.54) is 0 Å². The number of rotatable bonds is 4. The fourth-order valence-electron chi connectivity index (χ4n) is 2.81. The number of hydrogen-bond donors (Lipinski definition) is 2. The summed E-state index contributed by atoms with van der Waals surface area (Å²) in [6, 6.07) is 5.16. The first-order valence-electron chi connectivity index (χ1n) is 8.11. The van der Waals surface area contributed by atoms with E-state index < -0.39 is 12.0 Å². The number of furan rings is 1. The first-order chi connectivity index (χ1) is 11.3. The van der Waals surface area contributed by atoms with Gasteiger partial charge in [0.25, 0.3) is 0 Å². The summed E-state index contributed by atoms with van der Waals surface area (Å²) in [7, 11) is 0. The van der Waals surface area contributed by atoms with Crippen molar-refractivity contribution >= 4 is 5.82 Å². The predicted molar refractivity (Wildman–Crippen MR) is 85.9 cm³/mol. The summed E-state index contributed by atoms with van der Waals surface area (Å²) < 4.78 is 32.1. The van der Waals surface area contributed by atoms with Gasteiger partial charge in [-0.15, -0.1) is 0 Å². The van der Waals surface area contributed by atoms with Gasteiger partial charge in [0.2, 0.25) is 5.92 Å². The summed E-state index contributed by atoms with van der Waals surface area (Å²) >= 11 is 0. The molecule has 24 heavy (non-hydrogen) atoms. The first-order valence-corrected chi connectivity index (χ1v) is 8.11. The summed E-state index contributed by atoms with van der Waals surface area (Å²) in [5.41, 5.74) is 0.456. The van der Waals surface area contributed by atoms with E-state index in [9.17, 15) is 13.9 Å². The summed E-state index contributed by atoms with van der Waals surface area (Å²) in [6.45, 7) is 3.44. The van der Waals surface area contributed by atoms with Crippen LogP contribution in [0.2, 0.25) is 0 Å². The van der Waals surface area contributed by atoms with Gasteiger partial charge in [-0.05, 0) is 38.8 Å². The Morgan fingerprint density at radius 3 is 2.58 bits per heavy atom. The van der Waals surface area contributed by atoms with Gasteiger partial charge in [-0.2, -0.15) is 0 Å². The van der Waals surface area contributed by atoms with Crippen molar-refractivity contribution in [1.29, 1.82) is 0 Å². The van der Waals surface area contributed by atoms with Crippen molar-refractivity contribution in [2.45, 2.75) is 57.6 Å². The fourth-order valence-corrected chi connectivity index (χ4v) is 2.81. The molecule has 0 radical (unpaired) electrons. The Kier molecular flexibility index (Phi) is 4.54. The lowest BCUT2D eigenvalue weighted by molar-refractivity contribution is -0.0361. The van der Waals surface area contributed by atoms with Crippen molar-refractivity contribution in [3.8, 4) is 11.6 Å². The number of nitrogens with one attached hydrogen (secondary N) is 1. The molecule has 0 amide bonds. The van der Waals surface area contributed by atoms with Gasteiger partial charge in [0.1, 0.15) is 11.6 Å². The van der Waals surface area contributed by atoms with Crippen LogP contribution in [-0.2, 0) is 0 Å². The molecule has 7 heteroatoms. The number of halogens is 2. The average molecular weight is 337 g/mol. The number of alkyl halides is 2. The standard InChI is InChI=1S/C17H21F2N3O2/c1-10-3-4-14(24-10)16-21-13(11(2)23)9-15(22-16)20-12-5-7-17(18,19)8-6-12/h3-4,9,11-12,23H,5-8H2,1-2H3,(H,20,21,22). The predicted octanol–water partition coefficient (Wildman–Crippen LogP) is 4.09. The van der Waals surface area contributed by atoms with Crippen molar-refractivity contribution in [3.05, 3.63) is 29.7 Å². The molecule has 3 rings (SSSR count). The molecule has 2 aromatic rings. The van der Waals surface area contributed by atoms with Crippen LogP contribution in [0.15, 0.2) is 22.6 Å². The zero-order valence-corrected chi connectivity index (χ0v) is 13.7. The monoisotopic (exact) mass is 337 g/mol. The molecule has 130 valence electrons. The molecular formula is C17H21F2N3O2. The van der Waals surface area contributed by atoms with Gasteiger partial charge < -0.3 is 14.8 Å². The van der Waals surface area contributed by atoms with Gasteiger partial charge in [0.05, 0.1) is 11.8 Å². The van der Waals surface area contributed by atoms with E-state index in [0.29, 0.717) is 35.9 Å². The number of aryl methyl sites for hydroxylation is 1. The molecule has 2 aromatic heterocycles. The molecule has 1 unspecified atom stereocenters. The molecule has 0 spiro atoms. The summed E-state index contributed by atoms with van der Waals surface area (Å²) in [5, 5.41) is 13.0. The number of aromatic nitrogens is 2. The third-order valence-corrected chi connectivity index (χ3v) is 4.20. The Morgan fingerprint density at radius 1 is 1.29 bits per heavy atom. The lowest BCUT2D eigenvalue weighted by Crippen LogP contribution is -2.32. The molecule has 1 saturated carbocycles. The van der Waals surface area contributed by atoms with E-state index in [2.05, 4.69) is 15.3 Å². The number of anilines is 1. The lowest BCUT2D eigenvalue weighted by atomic mass is 9.92. The Balaban J connectivity index is 1.83. The van der Waals surface area contributed by atoms with E-state index in [1.54, 1.807) is 19.1 Å². The van der Waals surface area contributed by atoms with Crippen LogP contribution in [0, 0.1) is 6.92 Å². The number of hydrogen-bond acceptors (Lipinski definition) is 5. The van der Waals surface area contributed by atoms with E-state index in [4.69, 9.17) is 4.42 Å². The van der Waals surface area contributed by atoms with E-state index in [-0.39, 0.29) is 18.9 Å². The van der Waals surface area contributed by atoms with Crippen LogP contribution in [0.25, 0.3) is 11.6 Å². The molecule has 2 heterocycles. The summed E-state index contributed by atoms with van der Waals surface area (Å²) in [4.78, 5) is 8.73. The Bertz CT molecular complexity index is 706. The van der Waals surface area contributed by atoms with Crippen LogP contribution in [0.4, 0.5) is 14.6 Å². The minimum atomic E-state index is -2.56. The van der Waals surface area contributed by atoms with E-state index in [0.717, 1.165) is 5.76 Å². The summed E-state index contributed by atoms with van der Waals surface area (Å²) in [5.74, 6) is -0.440. The molecular weight excluding hydrogens is 316 g/mol. The SMILES string of the molecule is Cc1ccc(-c2nc(NC3CCC(F)(F)CC3)cc(C(C)O)n2)o1. The first kappa shape index (κ1) is 16.8. The Labute approximate surface area is 139 Å². The van der Waals surface area contributed by atoms with Crippen LogP contribution in [0.1, 0.15) is 50.2 Å². The van der Waals surface area contributed by atoms with Crippen molar-refractivity contribution in [3.63, 3.8) is 0 Å². The molecule has 1 fully saturated rings. The van der Waals surface area contributed by atoms with Crippen LogP contribution in [-0.4, -0.2) is 27.0 Å². The number of aliphatic hydroxyl groups is 1. The van der Waals surface area contributed by atoms with Crippen LogP contribution in [0.3, 0.4) is 0 Å². The summed E-state index contributed by atoms with van der Waals surface area (Å²) in [6.07, 6.45) is -0.238. The maximum absolute atomic E-state index is 13.3. The molecule has 1 atom stereocenters. The normalized spacial score (nSPS) is 19.2. The second kappa shape index (κ2) is 6.47. The Morgan fingerprint density at radius 2 is 2.00 bits per heavy atom. The quantitative estimate of drug-likeness (QED) is 0.879. The Hall–Kier alpha value is -2.02. The maximum atomic E-state index is 13.3. The zero-order valence-electron chi connectivity index (χ0n) is 13.7. The molecule has 5 nitrogen and oxygen atoms in total. The highest BCUT2D eigenvalue weighted by molar-refractivity contribution is 5.52. The van der Waals surface area contributed by atoms with Gasteiger partial charge in [-0.1, -0.05) is 0 Å². The van der Waals surface area contributed by atoms with Crippen LogP contribution >= 0.6 is 0 Å². The van der Waals surface area contributed by atoms with Crippen LogP contribution < -0.4 is 5.32 Å². The van der Waals surface area contributed by atoms with Crippen LogP contribution in [0.5, 0.6) is 0 Å². The average Bonchev–Trinajstić information content (AvgIpc) is 2.96. The number of aliphatic hydroxyl groups excluding tert-OH is 1. The molecule has 0 aromatic carbocycles. The van der Waals surface area contributed by atoms with Gasteiger partial charge in [0, 0.05) is 24.9 Å². The maximum Gasteiger partial charge on any atom is 0.248 e. The minimum absolute atomic E-state index is 0.0624. The second-order valence-corrected chi connectivity index (χ2v) is 6.36. The van der Waals surface area contributed by atoms with Gasteiger partial charge in [0.15, 0.2) is 11.6 Å². The van der Waals surface area contributed by atoms with Crippen molar-refractivity contribution in [2.75, 3.05) is 5.32 Å². The second-order valence-electron chi connectivity index (χ2n) is 6.36. The van der Waals surface area contributed by atoms with Gasteiger partial charge in [-0.3, -0.25) is 0 Å².